The first-order valence-electron chi connectivity index (χ1n) is 8.12. The van der Waals surface area contributed by atoms with Crippen molar-refractivity contribution in [1.29, 1.82) is 0 Å². The van der Waals surface area contributed by atoms with Crippen LogP contribution in [0.5, 0.6) is 0 Å². The molecule has 3 aliphatic rings. The summed E-state index contributed by atoms with van der Waals surface area (Å²) in [4.78, 5) is 28.4. The van der Waals surface area contributed by atoms with Gasteiger partial charge in [-0.05, 0) is 57.8 Å². The summed E-state index contributed by atoms with van der Waals surface area (Å²) in [6.07, 6.45) is 17.9. The van der Waals surface area contributed by atoms with Gasteiger partial charge < -0.3 is 9.47 Å². The Bertz CT molecular complexity index is 417. The Morgan fingerprint density at radius 1 is 1.04 bits per heavy atom. The second kappa shape index (κ2) is 12.7. The Morgan fingerprint density at radius 2 is 1.62 bits per heavy atom. The van der Waals surface area contributed by atoms with E-state index in [1.807, 2.05) is 57.8 Å². The monoisotopic (exact) mass is 401 g/mol. The fourth-order valence-corrected chi connectivity index (χ4v) is 2.62. The molecule has 10 radical (unpaired) electrons. The molecule has 3 fully saturated rings. The summed E-state index contributed by atoms with van der Waals surface area (Å²) in [7, 11) is 2.68. The zero-order valence-electron chi connectivity index (χ0n) is 14.8. The molecule has 1 heterocycles. The van der Waals surface area contributed by atoms with Gasteiger partial charge in [-0.15, -0.1) is 0 Å². The van der Waals surface area contributed by atoms with Gasteiger partial charge >= 0.3 is 29.0 Å². The van der Waals surface area contributed by atoms with Crippen molar-refractivity contribution in [3.8, 4) is 0 Å². The van der Waals surface area contributed by atoms with Gasteiger partial charge in [0.1, 0.15) is 0 Å². The van der Waals surface area contributed by atoms with Crippen LogP contribution in [-0.2, 0) is 41.0 Å². The number of ether oxygens (including phenoxy) is 2. The van der Waals surface area contributed by atoms with Crippen LogP contribution in [0.25, 0.3) is 0 Å². The molecule has 0 bridgehead atoms. The summed E-state index contributed by atoms with van der Waals surface area (Å²) in [6, 6.07) is -0.0567. The zero-order chi connectivity index (χ0) is 18.1. The SMILES string of the molecule is COC(=O)CCN1O[C@H](C(=O)OC)C[C@H]1[C]1[CH][CH][CH][CH]1.[CH]1[CH][CH][CH][CH]1.[Fe+2]. The van der Waals surface area contributed by atoms with Crippen molar-refractivity contribution in [2.75, 3.05) is 20.8 Å². The zero-order valence-corrected chi connectivity index (χ0v) is 15.9. The van der Waals surface area contributed by atoms with Crippen LogP contribution in [-0.4, -0.2) is 49.9 Å². The number of methoxy groups -OCH3 is 2. The molecule has 0 aromatic carbocycles. The Balaban J connectivity index is 0.000000486. The minimum Gasteiger partial charge on any atom is -0.469 e. The predicted molar refractivity (Wildman–Crippen MR) is 90.6 cm³/mol. The first-order valence-corrected chi connectivity index (χ1v) is 8.12. The molecule has 6 nitrogen and oxygen atoms in total. The van der Waals surface area contributed by atoms with Gasteiger partial charge in [0.2, 0.25) is 0 Å². The maximum absolute atomic E-state index is 11.6. The van der Waals surface area contributed by atoms with Crippen molar-refractivity contribution < 1.29 is 41.0 Å². The van der Waals surface area contributed by atoms with Crippen molar-refractivity contribution in [1.82, 2.24) is 5.06 Å². The first kappa shape index (κ1) is 23.4. The molecule has 1 saturated heterocycles. The quantitative estimate of drug-likeness (QED) is 0.514. The maximum Gasteiger partial charge on any atom is 2.00 e. The van der Waals surface area contributed by atoms with E-state index in [4.69, 9.17) is 9.57 Å². The normalized spacial score (nSPS) is 25.9. The largest absolute Gasteiger partial charge is 2.00 e. The number of esters is 2. The van der Waals surface area contributed by atoms with Gasteiger partial charge in [0, 0.05) is 24.9 Å². The first-order chi connectivity index (χ1) is 12.2. The molecule has 3 rings (SSSR count). The summed E-state index contributed by atoms with van der Waals surface area (Å²) < 4.78 is 9.33. The van der Waals surface area contributed by atoms with Crippen molar-refractivity contribution in [3.63, 3.8) is 0 Å². The predicted octanol–water partition coefficient (Wildman–Crippen LogP) is 1.52. The molecule has 1 aliphatic heterocycles. The minimum absolute atomic E-state index is 0. The molecule has 0 unspecified atom stereocenters. The number of hydrogen-bond acceptors (Lipinski definition) is 6. The fraction of sp³-hybridized carbons (Fsp3) is 0.368. The van der Waals surface area contributed by atoms with Crippen LogP contribution in [0.2, 0.25) is 0 Å². The van der Waals surface area contributed by atoms with E-state index in [0.717, 1.165) is 5.92 Å². The van der Waals surface area contributed by atoms with Crippen molar-refractivity contribution in [3.05, 3.63) is 63.7 Å². The number of hydroxylamine groups is 2. The summed E-state index contributed by atoms with van der Waals surface area (Å²) in [5.41, 5.74) is 0. The summed E-state index contributed by atoms with van der Waals surface area (Å²) >= 11 is 0. The van der Waals surface area contributed by atoms with Crippen LogP contribution in [0, 0.1) is 63.7 Å². The molecule has 7 heteroatoms. The Morgan fingerprint density at radius 3 is 2.12 bits per heavy atom. The molecule has 2 atom stereocenters. The van der Waals surface area contributed by atoms with E-state index in [-0.39, 0.29) is 35.5 Å². The van der Waals surface area contributed by atoms with Gasteiger partial charge in [-0.2, -0.15) is 5.06 Å². The molecule has 0 aromatic rings. The molecule has 0 N–H and O–H groups in total. The summed E-state index contributed by atoms with van der Waals surface area (Å²) in [6.45, 7) is 0.371. The van der Waals surface area contributed by atoms with E-state index in [1.165, 1.54) is 14.2 Å². The van der Waals surface area contributed by atoms with Gasteiger partial charge in [0.15, 0.2) is 6.10 Å². The van der Waals surface area contributed by atoms with Gasteiger partial charge in [-0.1, -0.05) is 0 Å². The third kappa shape index (κ3) is 7.18. The molecule has 0 spiro atoms. The topological polar surface area (TPSA) is 65.1 Å². The Kier molecular flexibility index (Phi) is 11.4. The second-order valence-corrected chi connectivity index (χ2v) is 5.52. The number of hydrogen-bond donors (Lipinski definition) is 0. The van der Waals surface area contributed by atoms with Crippen LogP contribution < -0.4 is 0 Å². The minimum atomic E-state index is -0.627. The van der Waals surface area contributed by atoms with E-state index >= 15 is 0 Å². The second-order valence-electron chi connectivity index (χ2n) is 5.52. The molecular formula is C19H23FeNO5+2. The van der Waals surface area contributed by atoms with Gasteiger partial charge in [0.25, 0.3) is 0 Å². The van der Waals surface area contributed by atoms with Crippen LogP contribution in [0.15, 0.2) is 0 Å². The fourth-order valence-electron chi connectivity index (χ4n) is 2.62. The Labute approximate surface area is 167 Å². The summed E-state index contributed by atoms with van der Waals surface area (Å²) in [5.74, 6) is 0.347. The van der Waals surface area contributed by atoms with Crippen LogP contribution in [0.4, 0.5) is 0 Å². The molecule has 2 aliphatic carbocycles. The molecule has 2 saturated carbocycles. The van der Waals surface area contributed by atoms with Gasteiger partial charge in [-0.3, -0.25) is 9.63 Å². The van der Waals surface area contributed by atoms with Gasteiger partial charge in [0.05, 0.1) is 20.6 Å². The van der Waals surface area contributed by atoms with E-state index in [0.29, 0.717) is 13.0 Å². The molecule has 0 aromatic heterocycles. The van der Waals surface area contributed by atoms with Crippen molar-refractivity contribution >= 4 is 11.9 Å². The van der Waals surface area contributed by atoms with Crippen molar-refractivity contribution in [2.24, 2.45) is 0 Å². The van der Waals surface area contributed by atoms with E-state index in [1.54, 1.807) is 5.06 Å². The molecule has 26 heavy (non-hydrogen) atoms. The van der Waals surface area contributed by atoms with Crippen LogP contribution in [0.3, 0.4) is 0 Å². The van der Waals surface area contributed by atoms with Crippen LogP contribution in [0.1, 0.15) is 12.8 Å². The average Bonchev–Trinajstić information content (AvgIpc) is 3.40. The summed E-state index contributed by atoms with van der Waals surface area (Å²) in [5, 5.41) is 1.66. The number of carbonyl (C=O) groups is 2. The Hall–Kier alpha value is -0.621. The average molecular weight is 401 g/mol. The van der Waals surface area contributed by atoms with Crippen molar-refractivity contribution in [2.45, 2.75) is 25.0 Å². The van der Waals surface area contributed by atoms with E-state index < -0.39 is 12.1 Å². The number of rotatable bonds is 5. The molecular weight excluding hydrogens is 378 g/mol. The molecule has 0 amide bonds. The number of nitrogens with zero attached hydrogens (tertiary/aromatic N) is 1. The third-order valence-corrected chi connectivity index (χ3v) is 3.90. The van der Waals surface area contributed by atoms with Gasteiger partial charge in [-0.25, -0.2) is 4.79 Å². The maximum atomic E-state index is 11.6. The van der Waals surface area contributed by atoms with Crippen LogP contribution >= 0.6 is 0 Å². The third-order valence-electron chi connectivity index (χ3n) is 3.90. The standard InChI is InChI=1S/C14H18NO5.C5H5.Fe/c1-18-13(16)7-8-15-11(10-5-3-4-6-10)9-12(20-15)14(17)19-2;1-2-4-5-3-1;/h3-6,11-12H,7-9H2,1-2H3;1-5H;/q;;+2/t11-,12-;;/m0../s1. The van der Waals surface area contributed by atoms with E-state index in [9.17, 15) is 9.59 Å². The van der Waals surface area contributed by atoms with E-state index in [2.05, 4.69) is 4.74 Å². The molecule has 140 valence electrons. The smallest absolute Gasteiger partial charge is 0.469 e. The number of carbonyl (C=O) groups excluding carboxylic acids is 2.